The Hall–Kier alpha value is -2.69. The van der Waals surface area contributed by atoms with Gasteiger partial charge in [0.15, 0.2) is 0 Å². The highest BCUT2D eigenvalue weighted by Crippen LogP contribution is 2.26. The van der Waals surface area contributed by atoms with Crippen LogP contribution < -0.4 is 5.73 Å². The fourth-order valence-electron chi connectivity index (χ4n) is 1.97. The number of rotatable bonds is 2. The second-order valence-electron chi connectivity index (χ2n) is 4.04. The third kappa shape index (κ3) is 1.95. The second kappa shape index (κ2) is 4.53. The van der Waals surface area contributed by atoms with E-state index in [0.717, 1.165) is 5.56 Å². The van der Waals surface area contributed by atoms with Gasteiger partial charge in [-0.15, -0.1) is 0 Å². The minimum absolute atomic E-state index is 0.316. The summed E-state index contributed by atoms with van der Waals surface area (Å²) >= 11 is 0. The molecule has 2 N–H and O–H groups in total. The number of imidazole rings is 1. The first kappa shape index (κ1) is 11.4. The monoisotopic (exact) mass is 254 g/mol. The minimum Gasteiger partial charge on any atom is -0.383 e. The van der Waals surface area contributed by atoms with Gasteiger partial charge in [0.1, 0.15) is 11.6 Å². The van der Waals surface area contributed by atoms with Crippen LogP contribution in [0.25, 0.3) is 16.9 Å². The Labute approximate surface area is 109 Å². The molecule has 3 aromatic rings. The summed E-state index contributed by atoms with van der Waals surface area (Å²) in [6.45, 7) is 0. The number of hydrogen-bond donors (Lipinski definition) is 1. The van der Waals surface area contributed by atoms with Gasteiger partial charge in [0.25, 0.3) is 0 Å². The average molecular weight is 254 g/mol. The first-order valence-electron chi connectivity index (χ1n) is 5.75. The molecule has 0 aliphatic carbocycles. The van der Waals surface area contributed by atoms with Crippen molar-refractivity contribution in [2.45, 2.75) is 0 Å². The van der Waals surface area contributed by atoms with Gasteiger partial charge in [-0.2, -0.15) is 0 Å². The highest BCUT2D eigenvalue weighted by molar-refractivity contribution is 5.71. The molecule has 0 unspecified atom stereocenters. The Bertz CT molecular complexity index is 661. The van der Waals surface area contributed by atoms with E-state index in [2.05, 4.69) is 9.97 Å². The van der Waals surface area contributed by atoms with Crippen LogP contribution in [-0.4, -0.2) is 14.5 Å². The Morgan fingerprint density at radius 2 is 1.95 bits per heavy atom. The smallest absolute Gasteiger partial charge is 0.147 e. The van der Waals surface area contributed by atoms with E-state index in [1.165, 1.54) is 6.07 Å². The number of anilines is 1. The Morgan fingerprint density at radius 1 is 1.11 bits per heavy atom. The normalized spacial score (nSPS) is 10.6. The number of nitrogens with two attached hydrogens (primary N) is 1. The largest absolute Gasteiger partial charge is 0.383 e. The molecule has 1 aromatic carbocycles. The second-order valence-corrected chi connectivity index (χ2v) is 4.04. The summed E-state index contributed by atoms with van der Waals surface area (Å²) in [6, 6.07) is 10.1. The molecule has 0 fully saturated rings. The fraction of sp³-hybridized carbons (Fsp3) is 0. The maximum absolute atomic E-state index is 13.9. The van der Waals surface area contributed by atoms with Crippen LogP contribution >= 0.6 is 0 Å². The zero-order valence-corrected chi connectivity index (χ0v) is 9.99. The molecule has 5 heteroatoms. The molecule has 0 bridgehead atoms. The van der Waals surface area contributed by atoms with Gasteiger partial charge in [-0.3, -0.25) is 4.57 Å². The summed E-state index contributed by atoms with van der Waals surface area (Å²) in [7, 11) is 0. The lowest BCUT2D eigenvalue weighted by molar-refractivity contribution is 0.618. The van der Waals surface area contributed by atoms with E-state index in [1.54, 1.807) is 47.6 Å². The molecule has 4 nitrogen and oxygen atoms in total. The summed E-state index contributed by atoms with van der Waals surface area (Å²) in [5, 5.41) is 0. The molecule has 0 aliphatic heterocycles. The van der Waals surface area contributed by atoms with Crippen LogP contribution in [0.3, 0.4) is 0 Å². The van der Waals surface area contributed by atoms with E-state index in [4.69, 9.17) is 5.73 Å². The first-order chi connectivity index (χ1) is 9.27. The Morgan fingerprint density at radius 3 is 2.74 bits per heavy atom. The molecule has 2 aromatic heterocycles. The van der Waals surface area contributed by atoms with E-state index in [1.807, 2.05) is 6.07 Å². The molecular weight excluding hydrogens is 243 g/mol. The van der Waals surface area contributed by atoms with Crippen molar-refractivity contribution in [1.29, 1.82) is 0 Å². The summed E-state index contributed by atoms with van der Waals surface area (Å²) in [6.07, 6.45) is 4.81. The number of para-hydroxylation sites is 1. The predicted molar refractivity (Wildman–Crippen MR) is 71.2 cm³/mol. The lowest BCUT2D eigenvalue weighted by Gasteiger charge is -2.10. The number of aromatic nitrogens is 3. The highest BCUT2D eigenvalue weighted by atomic mass is 19.1. The number of pyridine rings is 1. The third-order valence-electron chi connectivity index (χ3n) is 2.86. The predicted octanol–water partition coefficient (Wildman–Crippen LogP) is 2.66. The molecular formula is C14H11FN4. The SMILES string of the molecule is Nc1ncccc1-c1cncn1-c1ccccc1F. The van der Waals surface area contributed by atoms with E-state index in [9.17, 15) is 4.39 Å². The lowest BCUT2D eigenvalue weighted by atomic mass is 10.2. The van der Waals surface area contributed by atoms with Crippen molar-refractivity contribution in [3.05, 3.63) is 60.9 Å². The summed E-state index contributed by atoms with van der Waals surface area (Å²) in [5.74, 6) is 0.0739. The van der Waals surface area contributed by atoms with Crippen molar-refractivity contribution >= 4 is 5.82 Å². The van der Waals surface area contributed by atoms with Crippen molar-refractivity contribution in [2.24, 2.45) is 0 Å². The van der Waals surface area contributed by atoms with Crippen molar-refractivity contribution in [3.63, 3.8) is 0 Å². The van der Waals surface area contributed by atoms with Crippen LogP contribution in [0.1, 0.15) is 0 Å². The van der Waals surface area contributed by atoms with Gasteiger partial charge in [-0.1, -0.05) is 12.1 Å². The highest BCUT2D eigenvalue weighted by Gasteiger charge is 2.12. The molecule has 0 spiro atoms. The molecule has 0 radical (unpaired) electrons. The number of halogens is 1. The van der Waals surface area contributed by atoms with Gasteiger partial charge in [-0.25, -0.2) is 14.4 Å². The molecule has 0 atom stereocenters. The van der Waals surface area contributed by atoms with Crippen LogP contribution in [0.2, 0.25) is 0 Å². The van der Waals surface area contributed by atoms with Gasteiger partial charge < -0.3 is 5.73 Å². The van der Waals surface area contributed by atoms with E-state index in [0.29, 0.717) is 17.2 Å². The van der Waals surface area contributed by atoms with Crippen molar-refractivity contribution in [1.82, 2.24) is 14.5 Å². The Balaban J connectivity index is 2.20. The zero-order chi connectivity index (χ0) is 13.2. The van der Waals surface area contributed by atoms with Gasteiger partial charge in [-0.05, 0) is 24.3 Å². The summed E-state index contributed by atoms with van der Waals surface area (Å²) < 4.78 is 15.5. The van der Waals surface area contributed by atoms with Crippen molar-refractivity contribution in [3.8, 4) is 16.9 Å². The number of nitrogens with zero attached hydrogens (tertiary/aromatic N) is 3. The minimum atomic E-state index is -0.316. The molecule has 94 valence electrons. The average Bonchev–Trinajstić information content (AvgIpc) is 2.89. The number of nitrogen functional groups attached to an aromatic ring is 1. The summed E-state index contributed by atoms with van der Waals surface area (Å²) in [4.78, 5) is 8.11. The van der Waals surface area contributed by atoms with Crippen LogP contribution in [0.5, 0.6) is 0 Å². The Kier molecular flexibility index (Phi) is 2.72. The number of hydrogen-bond acceptors (Lipinski definition) is 3. The molecule has 0 amide bonds. The van der Waals surface area contributed by atoms with Gasteiger partial charge in [0.05, 0.1) is 23.9 Å². The molecule has 3 rings (SSSR count). The topological polar surface area (TPSA) is 56.7 Å². The van der Waals surface area contributed by atoms with Gasteiger partial charge in [0.2, 0.25) is 0 Å². The first-order valence-corrected chi connectivity index (χ1v) is 5.75. The van der Waals surface area contributed by atoms with Crippen LogP contribution in [0.15, 0.2) is 55.1 Å². The van der Waals surface area contributed by atoms with Crippen molar-refractivity contribution < 1.29 is 4.39 Å². The molecule has 0 aliphatic rings. The van der Waals surface area contributed by atoms with Crippen molar-refractivity contribution in [2.75, 3.05) is 5.73 Å². The molecule has 19 heavy (non-hydrogen) atoms. The van der Waals surface area contributed by atoms with Crippen LogP contribution in [0.4, 0.5) is 10.2 Å². The third-order valence-corrected chi connectivity index (χ3v) is 2.86. The van der Waals surface area contributed by atoms with Gasteiger partial charge in [0, 0.05) is 11.8 Å². The van der Waals surface area contributed by atoms with Crippen LogP contribution in [-0.2, 0) is 0 Å². The quantitative estimate of drug-likeness (QED) is 0.764. The van der Waals surface area contributed by atoms with E-state index in [-0.39, 0.29) is 5.82 Å². The molecule has 2 heterocycles. The maximum atomic E-state index is 13.9. The number of benzene rings is 1. The van der Waals surface area contributed by atoms with E-state index >= 15 is 0 Å². The van der Waals surface area contributed by atoms with Gasteiger partial charge >= 0.3 is 0 Å². The molecule has 0 saturated heterocycles. The summed E-state index contributed by atoms with van der Waals surface area (Å²) in [5.41, 5.74) is 7.71. The lowest BCUT2D eigenvalue weighted by Crippen LogP contribution is -2.01. The van der Waals surface area contributed by atoms with E-state index < -0.39 is 0 Å². The maximum Gasteiger partial charge on any atom is 0.147 e. The zero-order valence-electron chi connectivity index (χ0n) is 9.99. The molecule has 0 saturated carbocycles. The fourth-order valence-corrected chi connectivity index (χ4v) is 1.97. The standard InChI is InChI=1S/C14H11FN4/c15-11-5-1-2-6-12(11)19-9-17-8-13(19)10-4-3-7-18-14(10)16/h1-9H,(H2,16,18). The van der Waals surface area contributed by atoms with Crippen LogP contribution in [0, 0.1) is 5.82 Å².